The van der Waals surface area contributed by atoms with Crippen molar-refractivity contribution >= 4 is 0 Å². The first-order chi connectivity index (χ1) is 8.54. The molecule has 2 aliphatic rings. The van der Waals surface area contributed by atoms with E-state index in [1.54, 1.807) is 5.56 Å². The SMILES string of the molecule is Cc1cccc(C2(CNC(C)C)CC3(CC3)C2)c1. The summed E-state index contributed by atoms with van der Waals surface area (Å²) in [6, 6.07) is 9.75. The van der Waals surface area contributed by atoms with E-state index in [1.165, 1.54) is 31.2 Å². The van der Waals surface area contributed by atoms with Crippen LogP contribution in [-0.4, -0.2) is 12.6 Å². The zero-order valence-corrected chi connectivity index (χ0v) is 11.9. The highest BCUT2D eigenvalue weighted by molar-refractivity contribution is 5.36. The number of aryl methyl sites for hydroxylation is 1. The van der Waals surface area contributed by atoms with Crippen molar-refractivity contribution < 1.29 is 0 Å². The molecule has 1 spiro atoms. The summed E-state index contributed by atoms with van der Waals surface area (Å²) < 4.78 is 0. The molecule has 1 aromatic carbocycles. The van der Waals surface area contributed by atoms with Crippen LogP contribution in [0.25, 0.3) is 0 Å². The Labute approximate surface area is 111 Å². The molecule has 0 atom stereocenters. The number of hydrogen-bond donors (Lipinski definition) is 1. The normalized spacial score (nSPS) is 23.1. The van der Waals surface area contributed by atoms with Crippen LogP contribution in [0.4, 0.5) is 0 Å². The molecule has 2 fully saturated rings. The molecular formula is C17H25N. The summed E-state index contributed by atoms with van der Waals surface area (Å²) >= 11 is 0. The molecule has 0 unspecified atom stereocenters. The summed E-state index contributed by atoms with van der Waals surface area (Å²) in [5.41, 5.74) is 4.14. The van der Waals surface area contributed by atoms with Crippen LogP contribution in [0.5, 0.6) is 0 Å². The predicted molar refractivity (Wildman–Crippen MR) is 76.9 cm³/mol. The van der Waals surface area contributed by atoms with Crippen molar-refractivity contribution in [1.82, 2.24) is 5.32 Å². The van der Waals surface area contributed by atoms with E-state index in [2.05, 4.69) is 50.4 Å². The van der Waals surface area contributed by atoms with Gasteiger partial charge in [-0.25, -0.2) is 0 Å². The fourth-order valence-electron chi connectivity index (χ4n) is 3.72. The molecule has 0 aliphatic heterocycles. The van der Waals surface area contributed by atoms with Crippen LogP contribution in [0, 0.1) is 12.3 Å². The zero-order valence-electron chi connectivity index (χ0n) is 11.9. The van der Waals surface area contributed by atoms with Gasteiger partial charge in [0.15, 0.2) is 0 Å². The van der Waals surface area contributed by atoms with Crippen molar-refractivity contribution in [3.05, 3.63) is 35.4 Å². The van der Waals surface area contributed by atoms with E-state index in [0.29, 0.717) is 11.5 Å². The second-order valence-corrected chi connectivity index (χ2v) is 7.04. The Bertz CT molecular complexity index is 435. The lowest BCUT2D eigenvalue weighted by Gasteiger charge is -2.50. The maximum atomic E-state index is 3.67. The van der Waals surface area contributed by atoms with Gasteiger partial charge < -0.3 is 5.32 Å². The van der Waals surface area contributed by atoms with Crippen LogP contribution in [-0.2, 0) is 5.41 Å². The Balaban J connectivity index is 1.81. The topological polar surface area (TPSA) is 12.0 Å². The third kappa shape index (κ3) is 2.09. The number of nitrogens with one attached hydrogen (secondary N) is 1. The highest BCUT2D eigenvalue weighted by Gasteiger charge is 2.60. The van der Waals surface area contributed by atoms with Gasteiger partial charge in [-0.1, -0.05) is 43.7 Å². The van der Waals surface area contributed by atoms with Crippen molar-refractivity contribution in [2.45, 2.75) is 57.9 Å². The molecule has 0 heterocycles. The van der Waals surface area contributed by atoms with Crippen LogP contribution >= 0.6 is 0 Å². The van der Waals surface area contributed by atoms with E-state index >= 15 is 0 Å². The van der Waals surface area contributed by atoms with Crippen LogP contribution < -0.4 is 5.32 Å². The van der Waals surface area contributed by atoms with Gasteiger partial charge in [0.05, 0.1) is 0 Å². The zero-order chi connectivity index (χ0) is 12.8. The van der Waals surface area contributed by atoms with Gasteiger partial charge >= 0.3 is 0 Å². The summed E-state index contributed by atoms with van der Waals surface area (Å²) in [7, 11) is 0. The van der Waals surface area contributed by atoms with Crippen LogP contribution in [0.2, 0.25) is 0 Å². The third-order valence-corrected chi connectivity index (χ3v) is 4.86. The Morgan fingerprint density at radius 1 is 1.22 bits per heavy atom. The van der Waals surface area contributed by atoms with Crippen LogP contribution in [0.1, 0.15) is 50.7 Å². The number of benzene rings is 1. The average molecular weight is 243 g/mol. The maximum absolute atomic E-state index is 3.67. The molecule has 2 aliphatic carbocycles. The lowest BCUT2D eigenvalue weighted by molar-refractivity contribution is 0.114. The average Bonchev–Trinajstić information content (AvgIpc) is 3.04. The highest BCUT2D eigenvalue weighted by atomic mass is 14.9. The molecule has 0 radical (unpaired) electrons. The maximum Gasteiger partial charge on any atom is 0.00885 e. The van der Waals surface area contributed by atoms with Gasteiger partial charge in [0.25, 0.3) is 0 Å². The number of rotatable bonds is 4. The Kier molecular flexibility index (Phi) is 2.78. The van der Waals surface area contributed by atoms with Gasteiger partial charge in [0.1, 0.15) is 0 Å². The van der Waals surface area contributed by atoms with Gasteiger partial charge in [-0.05, 0) is 43.6 Å². The molecule has 3 rings (SSSR count). The van der Waals surface area contributed by atoms with Crippen molar-refractivity contribution in [3.63, 3.8) is 0 Å². The lowest BCUT2D eigenvalue weighted by atomic mass is 9.56. The fraction of sp³-hybridized carbons (Fsp3) is 0.647. The summed E-state index contributed by atoms with van der Waals surface area (Å²) in [5, 5.41) is 3.67. The van der Waals surface area contributed by atoms with Crippen LogP contribution in [0.3, 0.4) is 0 Å². The van der Waals surface area contributed by atoms with E-state index in [4.69, 9.17) is 0 Å². The molecule has 18 heavy (non-hydrogen) atoms. The second-order valence-electron chi connectivity index (χ2n) is 7.04. The molecule has 0 bridgehead atoms. The first-order valence-corrected chi connectivity index (χ1v) is 7.34. The van der Waals surface area contributed by atoms with E-state index in [1.807, 2.05) is 0 Å². The van der Waals surface area contributed by atoms with Crippen molar-refractivity contribution in [3.8, 4) is 0 Å². The van der Waals surface area contributed by atoms with Gasteiger partial charge in [-0.2, -0.15) is 0 Å². The summed E-state index contributed by atoms with van der Waals surface area (Å²) in [6.45, 7) is 7.85. The van der Waals surface area contributed by atoms with Crippen molar-refractivity contribution in [2.24, 2.45) is 5.41 Å². The number of hydrogen-bond acceptors (Lipinski definition) is 1. The lowest BCUT2D eigenvalue weighted by Crippen LogP contribution is -2.50. The summed E-state index contributed by atoms with van der Waals surface area (Å²) in [4.78, 5) is 0. The second kappa shape index (κ2) is 4.09. The summed E-state index contributed by atoms with van der Waals surface area (Å²) in [5.74, 6) is 0. The molecule has 0 aromatic heterocycles. The Morgan fingerprint density at radius 3 is 2.50 bits per heavy atom. The van der Waals surface area contributed by atoms with Gasteiger partial charge in [0, 0.05) is 18.0 Å². The van der Waals surface area contributed by atoms with Gasteiger partial charge in [-0.3, -0.25) is 0 Å². The molecular weight excluding hydrogens is 218 g/mol. The first-order valence-electron chi connectivity index (χ1n) is 7.34. The summed E-state index contributed by atoms with van der Waals surface area (Å²) in [6.07, 6.45) is 5.76. The minimum Gasteiger partial charge on any atom is -0.314 e. The quantitative estimate of drug-likeness (QED) is 0.848. The van der Waals surface area contributed by atoms with Gasteiger partial charge in [0.2, 0.25) is 0 Å². The highest BCUT2D eigenvalue weighted by Crippen LogP contribution is 2.68. The standard InChI is InChI=1S/C17H25N/c1-13(2)18-12-17(10-16(11-17)7-8-16)15-6-4-5-14(3)9-15/h4-6,9,13,18H,7-8,10-12H2,1-3H3. The monoisotopic (exact) mass is 243 g/mol. The fourth-order valence-corrected chi connectivity index (χ4v) is 3.72. The van der Waals surface area contributed by atoms with E-state index in [9.17, 15) is 0 Å². The molecule has 1 nitrogen and oxygen atoms in total. The van der Waals surface area contributed by atoms with E-state index in [0.717, 1.165) is 12.0 Å². The van der Waals surface area contributed by atoms with Crippen molar-refractivity contribution in [1.29, 1.82) is 0 Å². The molecule has 0 saturated heterocycles. The predicted octanol–water partition coefficient (Wildman–Crippen LogP) is 3.80. The first kappa shape index (κ1) is 12.2. The molecule has 1 aromatic rings. The Morgan fingerprint density at radius 2 is 1.94 bits per heavy atom. The van der Waals surface area contributed by atoms with E-state index < -0.39 is 0 Å². The van der Waals surface area contributed by atoms with Crippen LogP contribution in [0.15, 0.2) is 24.3 Å². The van der Waals surface area contributed by atoms with E-state index in [-0.39, 0.29) is 0 Å². The van der Waals surface area contributed by atoms with Crippen molar-refractivity contribution in [2.75, 3.05) is 6.54 Å². The molecule has 1 heteroatoms. The van der Waals surface area contributed by atoms with Gasteiger partial charge in [-0.15, -0.1) is 0 Å². The molecule has 98 valence electrons. The molecule has 2 saturated carbocycles. The largest absolute Gasteiger partial charge is 0.314 e. The smallest absolute Gasteiger partial charge is 0.00885 e. The minimum absolute atomic E-state index is 0.423. The Hall–Kier alpha value is -0.820. The third-order valence-electron chi connectivity index (χ3n) is 4.86. The molecule has 0 amide bonds. The molecule has 1 N–H and O–H groups in total. The minimum atomic E-state index is 0.423.